The maximum absolute atomic E-state index is 11.8. The van der Waals surface area contributed by atoms with Gasteiger partial charge in [0.2, 0.25) is 0 Å². The van der Waals surface area contributed by atoms with E-state index in [-0.39, 0.29) is 5.97 Å². The molecular formula is C11H19NO3. The van der Waals surface area contributed by atoms with Crippen LogP contribution in [0.5, 0.6) is 0 Å². The molecule has 1 heterocycles. The van der Waals surface area contributed by atoms with Gasteiger partial charge in [0.15, 0.2) is 0 Å². The van der Waals surface area contributed by atoms with Gasteiger partial charge < -0.3 is 14.8 Å². The number of rotatable bonds is 4. The van der Waals surface area contributed by atoms with Gasteiger partial charge in [0.1, 0.15) is 5.54 Å². The summed E-state index contributed by atoms with van der Waals surface area (Å²) in [6.07, 6.45) is 4.04. The third-order valence-electron chi connectivity index (χ3n) is 3.35. The third kappa shape index (κ3) is 2.49. The Kier molecular flexibility index (Phi) is 3.26. The predicted molar refractivity (Wildman–Crippen MR) is 55.5 cm³/mol. The summed E-state index contributed by atoms with van der Waals surface area (Å²) in [7, 11) is 1.46. The van der Waals surface area contributed by atoms with E-state index >= 15 is 0 Å². The first-order valence-corrected chi connectivity index (χ1v) is 5.68. The molecule has 1 saturated carbocycles. The van der Waals surface area contributed by atoms with E-state index in [2.05, 4.69) is 5.32 Å². The van der Waals surface area contributed by atoms with E-state index in [4.69, 9.17) is 9.47 Å². The summed E-state index contributed by atoms with van der Waals surface area (Å²) < 4.78 is 10.2. The van der Waals surface area contributed by atoms with Crippen LogP contribution in [0.1, 0.15) is 25.7 Å². The first-order chi connectivity index (χ1) is 7.27. The van der Waals surface area contributed by atoms with Gasteiger partial charge in [0.25, 0.3) is 0 Å². The Balaban J connectivity index is 1.95. The van der Waals surface area contributed by atoms with E-state index in [1.54, 1.807) is 0 Å². The van der Waals surface area contributed by atoms with Gasteiger partial charge in [-0.05, 0) is 38.1 Å². The lowest BCUT2D eigenvalue weighted by Crippen LogP contribution is -2.56. The number of hydrogen-bond donors (Lipinski definition) is 1. The van der Waals surface area contributed by atoms with Crippen molar-refractivity contribution in [2.75, 3.05) is 26.9 Å². The molecule has 0 spiro atoms. The minimum absolute atomic E-state index is 0.133. The first kappa shape index (κ1) is 10.9. The van der Waals surface area contributed by atoms with Gasteiger partial charge in [-0.3, -0.25) is 4.79 Å². The fourth-order valence-corrected chi connectivity index (χ4v) is 2.03. The quantitative estimate of drug-likeness (QED) is 0.699. The van der Waals surface area contributed by atoms with Gasteiger partial charge >= 0.3 is 5.97 Å². The van der Waals surface area contributed by atoms with Crippen LogP contribution in [0.3, 0.4) is 0 Å². The minimum atomic E-state index is -0.477. The second-order valence-corrected chi connectivity index (χ2v) is 4.51. The summed E-state index contributed by atoms with van der Waals surface area (Å²) in [5.74, 6) is 0.640. The Labute approximate surface area is 90.3 Å². The highest BCUT2D eigenvalue weighted by Crippen LogP contribution is 2.30. The smallest absolute Gasteiger partial charge is 0.326 e. The topological polar surface area (TPSA) is 47.6 Å². The molecule has 4 nitrogen and oxygen atoms in total. The van der Waals surface area contributed by atoms with Crippen LogP contribution in [0.4, 0.5) is 0 Å². The summed E-state index contributed by atoms with van der Waals surface area (Å²) in [6.45, 7) is 2.23. The zero-order valence-corrected chi connectivity index (χ0v) is 9.25. The highest BCUT2D eigenvalue weighted by atomic mass is 16.5. The molecule has 4 heteroatoms. The molecule has 2 fully saturated rings. The van der Waals surface area contributed by atoms with Crippen molar-refractivity contribution in [2.24, 2.45) is 5.92 Å². The average molecular weight is 213 g/mol. The van der Waals surface area contributed by atoms with Crippen LogP contribution in [-0.2, 0) is 14.3 Å². The van der Waals surface area contributed by atoms with Gasteiger partial charge in [0.05, 0.1) is 7.11 Å². The Hall–Kier alpha value is -0.610. The summed E-state index contributed by atoms with van der Waals surface area (Å²) in [5, 5.41) is 3.39. The maximum Gasteiger partial charge on any atom is 0.326 e. The molecule has 1 N–H and O–H groups in total. The van der Waals surface area contributed by atoms with Crippen LogP contribution in [0.25, 0.3) is 0 Å². The third-order valence-corrected chi connectivity index (χ3v) is 3.35. The fourth-order valence-electron chi connectivity index (χ4n) is 2.03. The number of nitrogens with one attached hydrogen (secondary N) is 1. The van der Waals surface area contributed by atoms with E-state index < -0.39 is 5.54 Å². The molecule has 15 heavy (non-hydrogen) atoms. The van der Waals surface area contributed by atoms with Gasteiger partial charge in [-0.25, -0.2) is 0 Å². The molecule has 1 aliphatic carbocycles. The van der Waals surface area contributed by atoms with Crippen molar-refractivity contribution in [3.05, 3.63) is 0 Å². The van der Waals surface area contributed by atoms with Crippen LogP contribution in [-0.4, -0.2) is 38.4 Å². The highest BCUT2D eigenvalue weighted by molar-refractivity contribution is 5.80. The van der Waals surface area contributed by atoms with E-state index in [0.29, 0.717) is 13.2 Å². The van der Waals surface area contributed by atoms with Crippen LogP contribution in [0.2, 0.25) is 0 Å². The van der Waals surface area contributed by atoms with E-state index in [9.17, 15) is 4.79 Å². The van der Waals surface area contributed by atoms with Crippen molar-refractivity contribution in [2.45, 2.75) is 31.2 Å². The zero-order chi connectivity index (χ0) is 10.7. The number of ether oxygens (including phenoxy) is 2. The Morgan fingerprint density at radius 1 is 1.47 bits per heavy atom. The van der Waals surface area contributed by atoms with E-state index in [1.807, 2.05) is 0 Å². The van der Waals surface area contributed by atoms with E-state index in [1.165, 1.54) is 20.0 Å². The Morgan fingerprint density at radius 2 is 2.13 bits per heavy atom. The molecule has 86 valence electrons. The van der Waals surface area contributed by atoms with Crippen molar-refractivity contribution in [1.29, 1.82) is 0 Å². The van der Waals surface area contributed by atoms with Crippen molar-refractivity contribution < 1.29 is 14.3 Å². The largest absolute Gasteiger partial charge is 0.468 e. The van der Waals surface area contributed by atoms with Crippen LogP contribution in [0, 0.1) is 5.92 Å². The van der Waals surface area contributed by atoms with Crippen LogP contribution < -0.4 is 5.32 Å². The van der Waals surface area contributed by atoms with Gasteiger partial charge in [-0.1, -0.05) is 0 Å². The molecule has 0 amide bonds. The number of hydrogen-bond acceptors (Lipinski definition) is 4. The summed E-state index contributed by atoms with van der Waals surface area (Å²) in [6, 6.07) is 0. The Bertz CT molecular complexity index is 232. The summed E-state index contributed by atoms with van der Waals surface area (Å²) in [5.41, 5.74) is -0.477. The molecule has 0 unspecified atom stereocenters. The van der Waals surface area contributed by atoms with Crippen LogP contribution >= 0.6 is 0 Å². The fraction of sp³-hybridized carbons (Fsp3) is 0.909. The molecule has 2 rings (SSSR count). The molecule has 2 aliphatic rings. The maximum atomic E-state index is 11.8. The average Bonchev–Trinajstić information content (AvgIpc) is 3.10. The zero-order valence-electron chi connectivity index (χ0n) is 9.25. The monoisotopic (exact) mass is 213 g/mol. The minimum Gasteiger partial charge on any atom is -0.468 e. The highest BCUT2D eigenvalue weighted by Gasteiger charge is 2.41. The first-order valence-electron chi connectivity index (χ1n) is 5.68. The lowest BCUT2D eigenvalue weighted by molar-refractivity contribution is -0.153. The van der Waals surface area contributed by atoms with Gasteiger partial charge in [0, 0.05) is 13.2 Å². The molecule has 0 aromatic carbocycles. The Morgan fingerprint density at radius 3 is 2.67 bits per heavy atom. The van der Waals surface area contributed by atoms with Gasteiger partial charge in [-0.15, -0.1) is 0 Å². The normalized spacial score (nSPS) is 24.9. The SMILES string of the molecule is COC(=O)C1(NCC2CC2)CCOCC1. The second-order valence-electron chi connectivity index (χ2n) is 4.51. The van der Waals surface area contributed by atoms with Crippen molar-refractivity contribution in [1.82, 2.24) is 5.32 Å². The molecule has 1 aliphatic heterocycles. The molecular weight excluding hydrogens is 194 g/mol. The standard InChI is InChI=1S/C11H19NO3/c1-14-10(13)11(4-6-15-7-5-11)12-8-9-2-3-9/h9,12H,2-8H2,1H3. The number of esters is 1. The van der Waals surface area contributed by atoms with Crippen molar-refractivity contribution in [3.63, 3.8) is 0 Å². The second kappa shape index (κ2) is 4.49. The summed E-state index contributed by atoms with van der Waals surface area (Å²) >= 11 is 0. The lowest BCUT2D eigenvalue weighted by Gasteiger charge is -2.35. The molecule has 0 radical (unpaired) electrons. The number of carbonyl (C=O) groups is 1. The van der Waals surface area contributed by atoms with Gasteiger partial charge in [-0.2, -0.15) is 0 Å². The molecule has 0 aromatic heterocycles. The molecule has 1 saturated heterocycles. The van der Waals surface area contributed by atoms with Crippen molar-refractivity contribution in [3.8, 4) is 0 Å². The van der Waals surface area contributed by atoms with Crippen LogP contribution in [0.15, 0.2) is 0 Å². The predicted octanol–water partition coefficient (Wildman–Crippen LogP) is 0.708. The molecule has 0 bridgehead atoms. The van der Waals surface area contributed by atoms with Crippen molar-refractivity contribution >= 4 is 5.97 Å². The molecule has 0 atom stereocenters. The lowest BCUT2D eigenvalue weighted by atomic mass is 9.90. The molecule has 0 aromatic rings. The summed E-state index contributed by atoms with van der Waals surface area (Å²) in [4.78, 5) is 11.8. The number of methoxy groups -OCH3 is 1. The van der Waals surface area contributed by atoms with E-state index in [0.717, 1.165) is 25.3 Å². The number of carbonyl (C=O) groups excluding carboxylic acids is 1.